The zero-order valence-corrected chi connectivity index (χ0v) is 13.2. The maximum atomic E-state index is 13.2. The molecule has 0 heterocycles. The fourth-order valence-corrected chi connectivity index (χ4v) is 2.43. The van der Waals surface area contributed by atoms with Crippen LogP contribution < -0.4 is 5.32 Å². The first kappa shape index (κ1) is 15.6. The number of nitro groups is 1. The highest BCUT2D eigenvalue weighted by Gasteiger charge is 2.16. The van der Waals surface area contributed by atoms with Crippen LogP contribution in [0.1, 0.15) is 10.4 Å². The fourth-order valence-electron chi connectivity index (χ4n) is 1.63. The van der Waals surface area contributed by atoms with Crippen LogP contribution in [0.4, 0.5) is 15.8 Å². The largest absolute Gasteiger partial charge is 0.322 e. The van der Waals surface area contributed by atoms with Crippen molar-refractivity contribution >= 4 is 51.5 Å². The molecule has 0 spiro atoms. The van der Waals surface area contributed by atoms with Crippen molar-refractivity contribution < 1.29 is 14.1 Å². The van der Waals surface area contributed by atoms with Crippen molar-refractivity contribution in [3.63, 3.8) is 0 Å². The number of amides is 1. The van der Waals surface area contributed by atoms with Crippen molar-refractivity contribution in [1.82, 2.24) is 0 Å². The van der Waals surface area contributed by atoms with Gasteiger partial charge in [0.05, 0.1) is 10.5 Å². The van der Waals surface area contributed by atoms with Gasteiger partial charge in [0, 0.05) is 26.4 Å². The SMILES string of the molecule is O=C(Nc1cc(F)cc(Cl)c1)c1cc([N+](=O)[O-])ccc1I. The molecule has 21 heavy (non-hydrogen) atoms. The van der Waals surface area contributed by atoms with Gasteiger partial charge in [0.15, 0.2) is 0 Å². The van der Waals surface area contributed by atoms with E-state index >= 15 is 0 Å². The molecule has 0 aliphatic rings. The van der Waals surface area contributed by atoms with Gasteiger partial charge in [0.25, 0.3) is 11.6 Å². The van der Waals surface area contributed by atoms with Crippen molar-refractivity contribution in [2.24, 2.45) is 0 Å². The van der Waals surface area contributed by atoms with Crippen molar-refractivity contribution in [2.75, 3.05) is 5.32 Å². The van der Waals surface area contributed by atoms with Gasteiger partial charge in [-0.2, -0.15) is 0 Å². The van der Waals surface area contributed by atoms with Crippen molar-refractivity contribution in [3.8, 4) is 0 Å². The first-order chi connectivity index (χ1) is 9.86. The predicted octanol–water partition coefficient (Wildman–Crippen LogP) is 4.24. The Morgan fingerprint density at radius 3 is 2.62 bits per heavy atom. The molecule has 0 aliphatic heterocycles. The second-order valence-electron chi connectivity index (χ2n) is 4.03. The van der Waals surface area contributed by atoms with Crippen molar-refractivity contribution in [1.29, 1.82) is 0 Å². The van der Waals surface area contributed by atoms with Crippen LogP contribution in [0.5, 0.6) is 0 Å². The third-order valence-electron chi connectivity index (χ3n) is 2.53. The monoisotopic (exact) mass is 420 g/mol. The minimum absolute atomic E-state index is 0.130. The molecule has 1 amide bonds. The molecule has 108 valence electrons. The maximum Gasteiger partial charge on any atom is 0.270 e. The normalized spacial score (nSPS) is 10.2. The van der Waals surface area contributed by atoms with Gasteiger partial charge in [-0.25, -0.2) is 4.39 Å². The topological polar surface area (TPSA) is 72.2 Å². The summed E-state index contributed by atoms with van der Waals surface area (Å²) in [4.78, 5) is 22.3. The van der Waals surface area contributed by atoms with Gasteiger partial charge in [-0.1, -0.05) is 11.6 Å². The molecular formula is C13H7ClFIN2O3. The number of rotatable bonds is 3. The van der Waals surface area contributed by atoms with Crippen LogP contribution >= 0.6 is 34.2 Å². The molecule has 2 aromatic carbocycles. The Bertz CT molecular complexity index is 719. The molecule has 5 nitrogen and oxygen atoms in total. The van der Waals surface area contributed by atoms with Crippen LogP contribution in [-0.4, -0.2) is 10.8 Å². The molecule has 2 rings (SSSR count). The molecule has 2 aromatic rings. The minimum Gasteiger partial charge on any atom is -0.322 e. The lowest BCUT2D eigenvalue weighted by Gasteiger charge is -2.07. The van der Waals surface area contributed by atoms with Crippen LogP contribution in [0.25, 0.3) is 0 Å². The molecule has 0 fully saturated rings. The summed E-state index contributed by atoms with van der Waals surface area (Å²) in [5, 5.41) is 13.3. The molecule has 1 N–H and O–H groups in total. The maximum absolute atomic E-state index is 13.2. The zero-order chi connectivity index (χ0) is 15.6. The molecule has 0 radical (unpaired) electrons. The Kier molecular flexibility index (Phi) is 4.73. The molecular weight excluding hydrogens is 414 g/mol. The number of nitrogens with one attached hydrogen (secondary N) is 1. The van der Waals surface area contributed by atoms with Gasteiger partial charge in [0.1, 0.15) is 5.82 Å². The Morgan fingerprint density at radius 2 is 2.00 bits per heavy atom. The molecule has 0 aromatic heterocycles. The summed E-state index contributed by atoms with van der Waals surface area (Å²) in [7, 11) is 0. The standard InChI is InChI=1S/C13H7ClFIN2O3/c14-7-3-8(15)5-9(4-7)17-13(19)11-6-10(18(20)21)1-2-12(11)16/h1-6H,(H,17,19). The van der Waals surface area contributed by atoms with E-state index in [1.165, 1.54) is 18.2 Å². The molecule has 0 saturated carbocycles. The van der Waals surface area contributed by atoms with Gasteiger partial charge in [-0.05, 0) is 46.9 Å². The number of anilines is 1. The van der Waals surface area contributed by atoms with Gasteiger partial charge in [-0.15, -0.1) is 0 Å². The van der Waals surface area contributed by atoms with E-state index in [9.17, 15) is 19.3 Å². The Balaban J connectivity index is 2.31. The molecule has 8 heteroatoms. The first-order valence-electron chi connectivity index (χ1n) is 5.58. The lowest BCUT2D eigenvalue weighted by Crippen LogP contribution is -2.14. The quantitative estimate of drug-likeness (QED) is 0.458. The second kappa shape index (κ2) is 6.35. The number of benzene rings is 2. The highest BCUT2D eigenvalue weighted by Crippen LogP contribution is 2.22. The van der Waals surface area contributed by atoms with Gasteiger partial charge in [0.2, 0.25) is 0 Å². The summed E-state index contributed by atoms with van der Waals surface area (Å²) in [5.74, 6) is -1.17. The van der Waals surface area contributed by atoms with Crippen LogP contribution in [0.15, 0.2) is 36.4 Å². The molecule has 0 aliphatic carbocycles. The summed E-state index contributed by atoms with van der Waals surface area (Å²) < 4.78 is 13.7. The number of non-ortho nitro benzene ring substituents is 1. The van der Waals surface area contributed by atoms with E-state index in [2.05, 4.69) is 5.32 Å². The summed E-state index contributed by atoms with van der Waals surface area (Å²) in [5.41, 5.74) is 0.107. The number of nitrogens with zero attached hydrogens (tertiary/aromatic N) is 1. The third-order valence-corrected chi connectivity index (χ3v) is 3.68. The Labute approximate surface area is 137 Å². The number of hydrogen-bond donors (Lipinski definition) is 1. The van der Waals surface area contributed by atoms with Gasteiger partial charge < -0.3 is 5.32 Å². The Hall–Kier alpha value is -1.74. The van der Waals surface area contributed by atoms with Crippen molar-refractivity contribution in [2.45, 2.75) is 0 Å². The van der Waals surface area contributed by atoms with Crippen LogP contribution in [0.2, 0.25) is 5.02 Å². The molecule has 0 saturated heterocycles. The van der Waals surface area contributed by atoms with E-state index < -0.39 is 16.6 Å². The Morgan fingerprint density at radius 1 is 1.29 bits per heavy atom. The summed E-state index contributed by atoms with van der Waals surface area (Å²) in [6.07, 6.45) is 0. The van der Waals surface area contributed by atoms with E-state index in [0.717, 1.165) is 18.2 Å². The van der Waals surface area contributed by atoms with E-state index in [1.807, 2.05) is 22.6 Å². The first-order valence-corrected chi connectivity index (χ1v) is 7.04. The van der Waals surface area contributed by atoms with E-state index in [0.29, 0.717) is 3.57 Å². The lowest BCUT2D eigenvalue weighted by molar-refractivity contribution is -0.384. The van der Waals surface area contributed by atoms with Crippen LogP contribution in [0, 0.1) is 19.5 Å². The second-order valence-corrected chi connectivity index (χ2v) is 5.63. The average molecular weight is 421 g/mol. The molecule has 0 unspecified atom stereocenters. The molecule has 0 atom stereocenters. The summed E-state index contributed by atoms with van der Waals surface area (Å²) in [6, 6.07) is 7.52. The van der Waals surface area contributed by atoms with E-state index in [1.54, 1.807) is 0 Å². The van der Waals surface area contributed by atoms with Gasteiger partial charge in [-0.3, -0.25) is 14.9 Å². The minimum atomic E-state index is -0.591. The summed E-state index contributed by atoms with van der Waals surface area (Å²) >= 11 is 7.58. The molecule has 0 bridgehead atoms. The average Bonchev–Trinajstić information content (AvgIpc) is 2.37. The van der Waals surface area contributed by atoms with E-state index in [4.69, 9.17) is 11.6 Å². The number of carbonyl (C=O) groups is 1. The third kappa shape index (κ3) is 3.88. The number of carbonyl (C=O) groups excluding carboxylic acids is 1. The summed E-state index contributed by atoms with van der Waals surface area (Å²) in [6.45, 7) is 0. The van der Waals surface area contributed by atoms with Crippen LogP contribution in [0.3, 0.4) is 0 Å². The highest BCUT2D eigenvalue weighted by molar-refractivity contribution is 14.1. The smallest absolute Gasteiger partial charge is 0.270 e. The van der Waals surface area contributed by atoms with Crippen molar-refractivity contribution in [3.05, 3.63) is 66.5 Å². The predicted molar refractivity (Wildman–Crippen MR) is 85.2 cm³/mol. The fraction of sp³-hybridized carbons (Fsp3) is 0. The van der Waals surface area contributed by atoms with E-state index in [-0.39, 0.29) is 22.0 Å². The van der Waals surface area contributed by atoms with Gasteiger partial charge >= 0.3 is 0 Å². The number of nitro benzene ring substituents is 1. The lowest BCUT2D eigenvalue weighted by atomic mass is 10.2. The number of hydrogen-bond acceptors (Lipinski definition) is 3. The highest BCUT2D eigenvalue weighted by atomic mass is 127. The number of halogens is 3. The zero-order valence-electron chi connectivity index (χ0n) is 10.3. The van der Waals surface area contributed by atoms with Crippen LogP contribution in [-0.2, 0) is 0 Å².